The molecule has 1 amide bonds. The highest BCUT2D eigenvalue weighted by Gasteiger charge is 2.31. The molecule has 7 nitrogen and oxygen atoms in total. The molecule has 2 N–H and O–H groups in total. The maximum atomic E-state index is 13.3. The highest BCUT2D eigenvalue weighted by atomic mass is 16.5. The molecular formula is C25H31NO6. The Hall–Kier alpha value is -3.22. The number of benzene rings is 2. The van der Waals surface area contributed by atoms with Crippen LogP contribution in [-0.4, -0.2) is 54.3 Å². The van der Waals surface area contributed by atoms with Crippen LogP contribution in [0.15, 0.2) is 36.4 Å². The fourth-order valence-electron chi connectivity index (χ4n) is 4.64. The van der Waals surface area contributed by atoms with E-state index in [1.807, 2.05) is 4.90 Å². The summed E-state index contributed by atoms with van der Waals surface area (Å²) in [7, 11) is 3.00. The van der Waals surface area contributed by atoms with Gasteiger partial charge in [0.2, 0.25) is 5.91 Å². The SMILES string of the molecule is COc1cc(O)c(C(CC(=O)N2CC(C)C[C@@H](C)C2)c2ccc(C(=O)O)cc2)c(OC)c1. The van der Waals surface area contributed by atoms with Crippen molar-refractivity contribution >= 4 is 11.9 Å². The molecule has 2 aromatic rings. The van der Waals surface area contributed by atoms with Crippen molar-refractivity contribution in [1.82, 2.24) is 4.90 Å². The van der Waals surface area contributed by atoms with Crippen LogP contribution in [0, 0.1) is 11.8 Å². The molecule has 0 spiro atoms. The maximum absolute atomic E-state index is 13.3. The molecule has 0 aliphatic carbocycles. The number of ether oxygens (including phenoxy) is 2. The van der Waals surface area contributed by atoms with Gasteiger partial charge < -0.3 is 24.6 Å². The van der Waals surface area contributed by atoms with Gasteiger partial charge in [-0.1, -0.05) is 26.0 Å². The molecule has 3 atom stereocenters. The molecule has 0 saturated carbocycles. The third-order valence-corrected chi connectivity index (χ3v) is 6.06. The van der Waals surface area contributed by atoms with E-state index in [1.165, 1.54) is 32.4 Å². The lowest BCUT2D eigenvalue weighted by Crippen LogP contribution is -2.43. The number of carboxylic acids is 1. The van der Waals surface area contributed by atoms with Crippen LogP contribution < -0.4 is 9.47 Å². The van der Waals surface area contributed by atoms with Gasteiger partial charge in [0.1, 0.15) is 17.2 Å². The van der Waals surface area contributed by atoms with E-state index in [2.05, 4.69) is 13.8 Å². The minimum Gasteiger partial charge on any atom is -0.507 e. The average Bonchev–Trinajstić information content (AvgIpc) is 2.76. The van der Waals surface area contributed by atoms with Crippen molar-refractivity contribution in [3.05, 3.63) is 53.1 Å². The lowest BCUT2D eigenvalue weighted by Gasteiger charge is -2.36. The molecule has 0 aromatic heterocycles. The monoisotopic (exact) mass is 441 g/mol. The van der Waals surface area contributed by atoms with Gasteiger partial charge in [0.25, 0.3) is 0 Å². The Labute approximate surface area is 188 Å². The van der Waals surface area contributed by atoms with Gasteiger partial charge in [0.15, 0.2) is 0 Å². The second-order valence-corrected chi connectivity index (χ2v) is 8.69. The van der Waals surface area contributed by atoms with Crippen molar-refractivity contribution in [2.45, 2.75) is 32.6 Å². The fourth-order valence-corrected chi connectivity index (χ4v) is 4.64. The van der Waals surface area contributed by atoms with Crippen LogP contribution in [0.3, 0.4) is 0 Å². The molecule has 3 rings (SSSR count). The maximum Gasteiger partial charge on any atom is 0.335 e. The third kappa shape index (κ3) is 5.15. The minimum atomic E-state index is -1.02. The number of carbonyl (C=O) groups excluding carboxylic acids is 1. The van der Waals surface area contributed by atoms with Crippen molar-refractivity contribution in [2.24, 2.45) is 11.8 Å². The van der Waals surface area contributed by atoms with Crippen LogP contribution >= 0.6 is 0 Å². The molecule has 0 radical (unpaired) electrons. The fraction of sp³-hybridized carbons (Fsp3) is 0.440. The summed E-state index contributed by atoms with van der Waals surface area (Å²) in [6.07, 6.45) is 1.22. The standard InChI is InChI=1S/C25H31NO6/c1-15-9-16(2)14-26(13-15)23(28)12-20(17-5-7-18(8-6-17)25(29)30)24-21(27)10-19(31-3)11-22(24)32-4/h5-8,10-11,15-16,20,27H,9,12-14H2,1-4H3,(H,29,30)/t15-,16?,20?/m1/s1. The zero-order chi connectivity index (χ0) is 23.4. The van der Waals surface area contributed by atoms with E-state index in [4.69, 9.17) is 9.47 Å². The van der Waals surface area contributed by atoms with Gasteiger partial charge in [-0.2, -0.15) is 0 Å². The number of methoxy groups -OCH3 is 2. The Kier molecular flexibility index (Phi) is 7.28. The number of carbonyl (C=O) groups is 2. The predicted molar refractivity (Wildman–Crippen MR) is 121 cm³/mol. The molecule has 172 valence electrons. The van der Waals surface area contributed by atoms with Crippen LogP contribution in [0.25, 0.3) is 0 Å². The first kappa shape index (κ1) is 23.4. The number of phenolic OH excluding ortho intramolecular Hbond substituents is 1. The van der Waals surface area contributed by atoms with Crippen LogP contribution in [-0.2, 0) is 4.79 Å². The first-order valence-corrected chi connectivity index (χ1v) is 10.8. The Balaban J connectivity index is 2.02. The molecule has 2 aromatic carbocycles. The summed E-state index contributed by atoms with van der Waals surface area (Å²) in [5.41, 5.74) is 1.35. The highest BCUT2D eigenvalue weighted by molar-refractivity contribution is 5.87. The van der Waals surface area contributed by atoms with E-state index in [9.17, 15) is 19.8 Å². The van der Waals surface area contributed by atoms with Crippen molar-refractivity contribution in [2.75, 3.05) is 27.3 Å². The first-order valence-electron chi connectivity index (χ1n) is 10.8. The zero-order valence-corrected chi connectivity index (χ0v) is 19.0. The molecular weight excluding hydrogens is 410 g/mol. The molecule has 7 heteroatoms. The quantitative estimate of drug-likeness (QED) is 0.671. The Morgan fingerprint density at radius 1 is 1.06 bits per heavy atom. The topological polar surface area (TPSA) is 96.3 Å². The second-order valence-electron chi connectivity index (χ2n) is 8.69. The number of hydrogen-bond donors (Lipinski definition) is 2. The van der Waals surface area contributed by atoms with E-state index in [-0.39, 0.29) is 23.6 Å². The summed E-state index contributed by atoms with van der Waals surface area (Å²) < 4.78 is 10.8. The summed E-state index contributed by atoms with van der Waals surface area (Å²) in [5.74, 6) is 0.119. The molecule has 32 heavy (non-hydrogen) atoms. The van der Waals surface area contributed by atoms with Gasteiger partial charge in [-0.15, -0.1) is 0 Å². The first-order chi connectivity index (χ1) is 15.2. The molecule has 1 fully saturated rings. The van der Waals surface area contributed by atoms with Gasteiger partial charge >= 0.3 is 5.97 Å². The third-order valence-electron chi connectivity index (χ3n) is 6.06. The van der Waals surface area contributed by atoms with Crippen LogP contribution in [0.2, 0.25) is 0 Å². The summed E-state index contributed by atoms with van der Waals surface area (Å²) >= 11 is 0. The zero-order valence-electron chi connectivity index (χ0n) is 19.0. The van der Waals surface area contributed by atoms with Crippen molar-refractivity contribution < 1.29 is 29.3 Å². The van der Waals surface area contributed by atoms with Gasteiger partial charge in [-0.05, 0) is 36.0 Å². The normalized spacial score (nSPS) is 19.3. The molecule has 1 aliphatic heterocycles. The van der Waals surface area contributed by atoms with E-state index in [0.29, 0.717) is 42.0 Å². The molecule has 2 unspecified atom stereocenters. The lowest BCUT2D eigenvalue weighted by molar-refractivity contribution is -0.134. The average molecular weight is 442 g/mol. The van der Waals surface area contributed by atoms with Crippen molar-refractivity contribution in [1.29, 1.82) is 0 Å². The minimum absolute atomic E-state index is 0.00650. The number of likely N-dealkylation sites (tertiary alicyclic amines) is 1. The number of piperidine rings is 1. The van der Waals surface area contributed by atoms with Crippen LogP contribution in [0.1, 0.15) is 54.1 Å². The molecule has 1 saturated heterocycles. The predicted octanol–water partition coefficient (Wildman–Crippen LogP) is 4.13. The summed E-state index contributed by atoms with van der Waals surface area (Å²) in [4.78, 5) is 26.5. The summed E-state index contributed by atoms with van der Waals surface area (Å²) in [6.45, 7) is 5.71. The van der Waals surface area contributed by atoms with Crippen LogP contribution in [0.5, 0.6) is 17.2 Å². The van der Waals surface area contributed by atoms with Crippen LogP contribution in [0.4, 0.5) is 0 Å². The Morgan fingerprint density at radius 3 is 2.22 bits per heavy atom. The lowest BCUT2D eigenvalue weighted by atomic mass is 9.85. The number of nitrogens with zero attached hydrogens (tertiary/aromatic N) is 1. The highest BCUT2D eigenvalue weighted by Crippen LogP contribution is 2.43. The largest absolute Gasteiger partial charge is 0.507 e. The van der Waals surface area contributed by atoms with E-state index >= 15 is 0 Å². The number of phenols is 1. The second kappa shape index (κ2) is 9.94. The van der Waals surface area contributed by atoms with Crippen molar-refractivity contribution in [3.63, 3.8) is 0 Å². The smallest absolute Gasteiger partial charge is 0.335 e. The molecule has 0 bridgehead atoms. The molecule has 1 aliphatic rings. The van der Waals surface area contributed by atoms with Crippen molar-refractivity contribution in [3.8, 4) is 17.2 Å². The molecule has 1 heterocycles. The van der Waals surface area contributed by atoms with E-state index < -0.39 is 11.9 Å². The van der Waals surface area contributed by atoms with Gasteiger partial charge in [0.05, 0.1) is 19.8 Å². The van der Waals surface area contributed by atoms with Gasteiger partial charge in [-0.3, -0.25) is 4.79 Å². The summed E-state index contributed by atoms with van der Waals surface area (Å²) in [5, 5.41) is 20.1. The summed E-state index contributed by atoms with van der Waals surface area (Å²) in [6, 6.07) is 9.55. The number of carboxylic acid groups (broad SMARTS) is 1. The number of aromatic carboxylic acids is 1. The number of amides is 1. The van der Waals surface area contributed by atoms with Gasteiger partial charge in [0, 0.05) is 43.1 Å². The van der Waals surface area contributed by atoms with Gasteiger partial charge in [-0.25, -0.2) is 4.79 Å². The number of aromatic hydroxyl groups is 1. The Bertz CT molecular complexity index is 961. The number of hydrogen-bond acceptors (Lipinski definition) is 5. The number of rotatable bonds is 7. The van der Waals surface area contributed by atoms with E-state index in [1.54, 1.807) is 18.2 Å². The van der Waals surface area contributed by atoms with E-state index in [0.717, 1.165) is 12.0 Å². The Morgan fingerprint density at radius 2 is 1.69 bits per heavy atom.